The van der Waals surface area contributed by atoms with Gasteiger partial charge >= 0.3 is 0 Å². The molecule has 0 bridgehead atoms. The molecule has 122 valence electrons. The van der Waals surface area contributed by atoms with Crippen LogP contribution in [-0.4, -0.2) is 27.5 Å². The first-order chi connectivity index (χ1) is 10.9. The van der Waals surface area contributed by atoms with Crippen molar-refractivity contribution in [1.29, 1.82) is 5.26 Å². The van der Waals surface area contributed by atoms with Gasteiger partial charge in [-0.2, -0.15) is 10.4 Å². The summed E-state index contributed by atoms with van der Waals surface area (Å²) in [6, 6.07) is 1.91. The molecule has 0 aromatic carbocycles. The third-order valence-corrected chi connectivity index (χ3v) is 4.36. The Morgan fingerprint density at radius 1 is 1.39 bits per heavy atom. The molecule has 1 unspecified atom stereocenters. The van der Waals surface area contributed by atoms with E-state index in [0.29, 0.717) is 0 Å². The van der Waals surface area contributed by atoms with E-state index in [1.165, 1.54) is 6.08 Å². The zero-order valence-electron chi connectivity index (χ0n) is 13.8. The summed E-state index contributed by atoms with van der Waals surface area (Å²) in [6.07, 6.45) is 6.93. The number of nitrogens with one attached hydrogen (secondary N) is 1. The van der Waals surface area contributed by atoms with Crippen LogP contribution < -0.4 is 5.32 Å². The number of aryl methyl sites for hydroxylation is 2. The molecule has 0 radical (unpaired) electrons. The van der Waals surface area contributed by atoms with Gasteiger partial charge in [-0.05, 0) is 38.8 Å². The highest BCUT2D eigenvalue weighted by Gasteiger charge is 2.27. The second-order valence-corrected chi connectivity index (χ2v) is 6.00. The largest absolute Gasteiger partial charge is 0.352 e. The van der Waals surface area contributed by atoms with Crippen LogP contribution in [0.2, 0.25) is 0 Å². The Balaban J connectivity index is 2.06. The van der Waals surface area contributed by atoms with Gasteiger partial charge in [-0.3, -0.25) is 14.3 Å². The molecule has 1 aromatic rings. The van der Waals surface area contributed by atoms with Gasteiger partial charge in [-0.15, -0.1) is 0 Å². The van der Waals surface area contributed by atoms with E-state index in [0.717, 1.165) is 42.6 Å². The van der Waals surface area contributed by atoms with Crippen LogP contribution in [0.4, 0.5) is 0 Å². The van der Waals surface area contributed by atoms with E-state index < -0.39 is 17.6 Å². The Hall–Kier alpha value is -2.42. The lowest BCUT2D eigenvalue weighted by Crippen LogP contribution is -2.39. The molecule has 1 aliphatic carbocycles. The fourth-order valence-corrected chi connectivity index (χ4v) is 2.90. The summed E-state index contributed by atoms with van der Waals surface area (Å²) in [6.45, 7) is 3.75. The number of aromatic nitrogens is 2. The number of carbonyl (C=O) groups is 2. The fourth-order valence-electron chi connectivity index (χ4n) is 2.90. The van der Waals surface area contributed by atoms with Crippen LogP contribution in [0, 0.1) is 31.1 Å². The number of carbonyl (C=O) groups excluding carboxylic acids is 2. The molecule has 0 saturated heterocycles. The molecular formula is C17H22N4O2. The summed E-state index contributed by atoms with van der Waals surface area (Å²) in [7, 11) is 1.83. The second-order valence-electron chi connectivity index (χ2n) is 6.00. The van der Waals surface area contributed by atoms with Crippen molar-refractivity contribution in [1.82, 2.24) is 15.1 Å². The molecule has 6 nitrogen and oxygen atoms in total. The van der Waals surface area contributed by atoms with Gasteiger partial charge in [0.05, 0.1) is 11.8 Å². The molecule has 1 heterocycles. The zero-order valence-corrected chi connectivity index (χ0v) is 13.8. The van der Waals surface area contributed by atoms with Crippen LogP contribution in [0.5, 0.6) is 0 Å². The number of hydrogen-bond acceptors (Lipinski definition) is 4. The van der Waals surface area contributed by atoms with Crippen LogP contribution in [0.25, 0.3) is 6.08 Å². The minimum Gasteiger partial charge on any atom is -0.352 e. The van der Waals surface area contributed by atoms with Gasteiger partial charge in [0.1, 0.15) is 0 Å². The van der Waals surface area contributed by atoms with E-state index in [1.807, 2.05) is 27.0 Å². The summed E-state index contributed by atoms with van der Waals surface area (Å²) in [4.78, 5) is 24.3. The molecular weight excluding hydrogens is 292 g/mol. The van der Waals surface area contributed by atoms with Crippen molar-refractivity contribution in [2.75, 3.05) is 0 Å². The van der Waals surface area contributed by atoms with Crippen molar-refractivity contribution in [2.45, 2.75) is 45.6 Å². The Kier molecular flexibility index (Phi) is 5.32. The predicted octanol–water partition coefficient (Wildman–Crippen LogP) is 1.82. The molecule has 0 spiro atoms. The Bertz CT molecular complexity index is 676. The average Bonchev–Trinajstić information content (AvgIpc) is 3.08. The maximum absolute atomic E-state index is 12.2. The van der Waals surface area contributed by atoms with Gasteiger partial charge in [0.25, 0.3) is 0 Å². The van der Waals surface area contributed by atoms with E-state index in [-0.39, 0.29) is 6.04 Å². The van der Waals surface area contributed by atoms with Crippen molar-refractivity contribution < 1.29 is 9.59 Å². The lowest BCUT2D eigenvalue weighted by Gasteiger charge is -2.13. The first-order valence-corrected chi connectivity index (χ1v) is 7.86. The van der Waals surface area contributed by atoms with Gasteiger partial charge in [0.15, 0.2) is 11.7 Å². The highest BCUT2D eigenvalue weighted by molar-refractivity contribution is 6.10. The number of ketones is 1. The summed E-state index contributed by atoms with van der Waals surface area (Å²) >= 11 is 0. The van der Waals surface area contributed by atoms with Crippen LogP contribution in [0.1, 0.15) is 42.6 Å². The van der Waals surface area contributed by atoms with Gasteiger partial charge in [-0.25, -0.2) is 0 Å². The van der Waals surface area contributed by atoms with Gasteiger partial charge in [0, 0.05) is 24.3 Å². The van der Waals surface area contributed by atoms with Crippen molar-refractivity contribution in [3.8, 4) is 6.07 Å². The number of nitriles is 1. The molecule has 23 heavy (non-hydrogen) atoms. The maximum Gasteiger partial charge on any atom is 0.245 e. The van der Waals surface area contributed by atoms with E-state index in [4.69, 9.17) is 5.26 Å². The maximum atomic E-state index is 12.2. The van der Waals surface area contributed by atoms with Crippen LogP contribution >= 0.6 is 0 Å². The number of hydrogen-bond donors (Lipinski definition) is 1. The third-order valence-electron chi connectivity index (χ3n) is 4.36. The number of amides is 1. The summed E-state index contributed by atoms with van der Waals surface area (Å²) in [5.41, 5.74) is 2.57. The highest BCUT2D eigenvalue weighted by Crippen LogP contribution is 2.18. The van der Waals surface area contributed by atoms with Crippen molar-refractivity contribution in [3.63, 3.8) is 0 Å². The molecule has 1 aliphatic rings. The molecule has 1 amide bonds. The summed E-state index contributed by atoms with van der Waals surface area (Å²) in [5, 5.41) is 16.2. The molecule has 6 heteroatoms. The third kappa shape index (κ3) is 3.86. The zero-order chi connectivity index (χ0) is 17.0. The van der Waals surface area contributed by atoms with E-state index in [2.05, 4.69) is 10.4 Å². The van der Waals surface area contributed by atoms with E-state index >= 15 is 0 Å². The molecule has 1 atom stereocenters. The molecule has 1 N–H and O–H groups in total. The van der Waals surface area contributed by atoms with Crippen LogP contribution in [0.15, 0.2) is 6.08 Å². The lowest BCUT2D eigenvalue weighted by molar-refractivity contribution is -0.129. The quantitative estimate of drug-likeness (QED) is 0.663. The molecule has 1 fully saturated rings. The standard InChI is InChI=1S/C17H22N4O2/c1-11-14(12(2)21(3)20-11)8-9-16(22)15(10-18)17(23)19-13-6-4-5-7-13/h8-9,13,15H,4-7H2,1-3H3,(H,19,23). The number of allylic oxidation sites excluding steroid dienone is 1. The van der Waals surface area contributed by atoms with E-state index in [9.17, 15) is 9.59 Å². The number of rotatable bonds is 5. The van der Waals surface area contributed by atoms with Crippen molar-refractivity contribution >= 4 is 17.8 Å². The Morgan fingerprint density at radius 2 is 2.04 bits per heavy atom. The normalized spacial score (nSPS) is 16.4. The van der Waals surface area contributed by atoms with E-state index in [1.54, 1.807) is 10.8 Å². The Morgan fingerprint density at radius 3 is 2.57 bits per heavy atom. The summed E-state index contributed by atoms with van der Waals surface area (Å²) in [5.74, 6) is -2.27. The topological polar surface area (TPSA) is 87.8 Å². The predicted molar refractivity (Wildman–Crippen MR) is 86.2 cm³/mol. The minimum absolute atomic E-state index is 0.0953. The lowest BCUT2D eigenvalue weighted by atomic mass is 10.0. The summed E-state index contributed by atoms with van der Waals surface area (Å²) < 4.78 is 1.73. The van der Waals surface area contributed by atoms with Crippen molar-refractivity contribution in [3.05, 3.63) is 23.0 Å². The molecule has 1 aromatic heterocycles. The molecule has 2 rings (SSSR count). The van der Waals surface area contributed by atoms with Crippen molar-refractivity contribution in [2.24, 2.45) is 13.0 Å². The first kappa shape index (κ1) is 16.9. The monoisotopic (exact) mass is 314 g/mol. The fraction of sp³-hybridized carbons (Fsp3) is 0.529. The molecule has 0 aliphatic heterocycles. The van der Waals surface area contributed by atoms with Gasteiger partial charge < -0.3 is 5.32 Å². The SMILES string of the molecule is Cc1nn(C)c(C)c1C=CC(=O)C(C#N)C(=O)NC1CCCC1. The molecule has 1 saturated carbocycles. The smallest absolute Gasteiger partial charge is 0.245 e. The second kappa shape index (κ2) is 7.23. The Labute approximate surface area is 136 Å². The highest BCUT2D eigenvalue weighted by atomic mass is 16.2. The average molecular weight is 314 g/mol. The van der Waals surface area contributed by atoms with Crippen LogP contribution in [-0.2, 0) is 16.6 Å². The number of nitrogens with zero attached hydrogens (tertiary/aromatic N) is 3. The van der Waals surface area contributed by atoms with Crippen LogP contribution in [0.3, 0.4) is 0 Å². The van der Waals surface area contributed by atoms with Gasteiger partial charge in [-0.1, -0.05) is 12.8 Å². The minimum atomic E-state index is -1.29. The van der Waals surface area contributed by atoms with Gasteiger partial charge in [0.2, 0.25) is 5.91 Å². The first-order valence-electron chi connectivity index (χ1n) is 7.86.